The van der Waals surface area contributed by atoms with E-state index in [4.69, 9.17) is 15.7 Å². The first-order valence-corrected chi connectivity index (χ1v) is 4.37. The summed E-state index contributed by atoms with van der Waals surface area (Å²) < 4.78 is 4.88. The third-order valence-electron chi connectivity index (χ3n) is 1.94. The molecule has 3 N–H and O–H groups in total. The van der Waals surface area contributed by atoms with E-state index < -0.39 is 5.91 Å². The molecule has 0 aliphatic heterocycles. The van der Waals surface area contributed by atoms with Crippen LogP contribution >= 0.6 is 0 Å². The summed E-state index contributed by atoms with van der Waals surface area (Å²) in [6.45, 7) is 0. The van der Waals surface area contributed by atoms with E-state index in [2.05, 4.69) is 0 Å². The van der Waals surface area contributed by atoms with Crippen molar-refractivity contribution >= 4 is 12.0 Å². The predicted molar refractivity (Wildman–Crippen MR) is 57.4 cm³/mol. The summed E-state index contributed by atoms with van der Waals surface area (Å²) in [7, 11) is 1.40. The molecule has 82 valence electrons. The van der Waals surface area contributed by atoms with Crippen molar-refractivity contribution in [1.29, 1.82) is 5.26 Å². The van der Waals surface area contributed by atoms with Crippen molar-refractivity contribution in [3.8, 4) is 17.6 Å². The highest BCUT2D eigenvalue weighted by Gasteiger charge is 2.08. The zero-order valence-electron chi connectivity index (χ0n) is 8.60. The van der Waals surface area contributed by atoms with Crippen LogP contribution in [-0.4, -0.2) is 18.1 Å². The molecule has 1 amide bonds. The molecule has 0 heterocycles. The number of nitrogens with two attached hydrogens (primary N) is 1. The summed E-state index contributed by atoms with van der Waals surface area (Å²) in [6, 6.07) is 6.37. The number of phenols is 1. The molecule has 0 bridgehead atoms. The number of carbonyl (C=O) groups is 1. The van der Waals surface area contributed by atoms with Gasteiger partial charge >= 0.3 is 0 Å². The number of aromatic hydroxyl groups is 1. The van der Waals surface area contributed by atoms with E-state index in [1.807, 2.05) is 0 Å². The molecule has 0 aromatic heterocycles. The van der Waals surface area contributed by atoms with Gasteiger partial charge in [0.25, 0.3) is 5.91 Å². The molecule has 0 radical (unpaired) electrons. The molecular formula is C11H10N2O3. The van der Waals surface area contributed by atoms with Crippen molar-refractivity contribution in [1.82, 2.24) is 0 Å². The third-order valence-corrected chi connectivity index (χ3v) is 1.94. The van der Waals surface area contributed by atoms with Gasteiger partial charge in [0.05, 0.1) is 7.11 Å². The SMILES string of the molecule is COc1cccc(C=C(C#N)C(N)=O)c1O. The van der Waals surface area contributed by atoms with Gasteiger partial charge in [-0.3, -0.25) is 4.79 Å². The number of primary amides is 1. The summed E-state index contributed by atoms with van der Waals surface area (Å²) in [4.78, 5) is 10.8. The number of rotatable bonds is 3. The Labute approximate surface area is 92.4 Å². The van der Waals surface area contributed by atoms with Crippen molar-refractivity contribution in [3.63, 3.8) is 0 Å². The Morgan fingerprint density at radius 1 is 1.62 bits per heavy atom. The molecule has 16 heavy (non-hydrogen) atoms. The van der Waals surface area contributed by atoms with Gasteiger partial charge in [0.1, 0.15) is 11.6 Å². The number of carbonyl (C=O) groups excluding carboxylic acids is 1. The van der Waals surface area contributed by atoms with Crippen LogP contribution in [0, 0.1) is 11.3 Å². The van der Waals surface area contributed by atoms with Crippen LogP contribution in [0.4, 0.5) is 0 Å². The third kappa shape index (κ3) is 2.30. The van der Waals surface area contributed by atoms with E-state index in [1.54, 1.807) is 18.2 Å². The Morgan fingerprint density at radius 3 is 2.81 bits per heavy atom. The summed E-state index contributed by atoms with van der Waals surface area (Å²) in [5, 5.41) is 18.3. The van der Waals surface area contributed by atoms with Gasteiger partial charge < -0.3 is 15.6 Å². The van der Waals surface area contributed by atoms with Gasteiger partial charge in [-0.25, -0.2) is 0 Å². The second kappa shape index (κ2) is 4.84. The number of hydrogen-bond acceptors (Lipinski definition) is 4. The Bertz CT molecular complexity index is 486. The topological polar surface area (TPSA) is 96.3 Å². The van der Waals surface area contributed by atoms with Gasteiger partial charge in [0, 0.05) is 5.56 Å². The highest BCUT2D eigenvalue weighted by atomic mass is 16.5. The first kappa shape index (κ1) is 11.6. The fourth-order valence-corrected chi connectivity index (χ4v) is 1.13. The van der Waals surface area contributed by atoms with Crippen molar-refractivity contribution in [2.75, 3.05) is 7.11 Å². The molecule has 1 rings (SSSR count). The van der Waals surface area contributed by atoms with E-state index in [1.165, 1.54) is 19.3 Å². The molecule has 1 aromatic rings. The van der Waals surface area contributed by atoms with Crippen LogP contribution in [0.5, 0.6) is 11.5 Å². The van der Waals surface area contributed by atoms with E-state index in [0.717, 1.165) is 0 Å². The van der Waals surface area contributed by atoms with Crippen LogP contribution in [0.3, 0.4) is 0 Å². The standard InChI is InChI=1S/C11H10N2O3/c1-16-9-4-2-3-7(10(9)14)5-8(6-12)11(13)15/h2-5,14H,1H3,(H2,13,15). The molecule has 0 aliphatic carbocycles. The van der Waals surface area contributed by atoms with Crippen molar-refractivity contribution < 1.29 is 14.6 Å². The minimum absolute atomic E-state index is 0.140. The van der Waals surface area contributed by atoms with Gasteiger partial charge in [0.15, 0.2) is 11.5 Å². The molecule has 0 spiro atoms. The largest absolute Gasteiger partial charge is 0.504 e. The van der Waals surface area contributed by atoms with Crippen LogP contribution in [0.15, 0.2) is 23.8 Å². The fourth-order valence-electron chi connectivity index (χ4n) is 1.13. The molecule has 5 nitrogen and oxygen atoms in total. The molecule has 0 saturated heterocycles. The lowest BCUT2D eigenvalue weighted by molar-refractivity contribution is -0.114. The number of hydrogen-bond donors (Lipinski definition) is 2. The summed E-state index contributed by atoms with van der Waals surface area (Å²) in [5.74, 6) is -0.723. The summed E-state index contributed by atoms with van der Waals surface area (Å²) in [6.07, 6.45) is 1.21. The number of phenolic OH excluding ortho intramolecular Hbond substituents is 1. The highest BCUT2D eigenvalue weighted by Crippen LogP contribution is 2.30. The van der Waals surface area contributed by atoms with Gasteiger partial charge in [0.2, 0.25) is 0 Å². The van der Waals surface area contributed by atoms with Crippen LogP contribution in [0.25, 0.3) is 6.08 Å². The Kier molecular flexibility index (Phi) is 3.51. The quantitative estimate of drug-likeness (QED) is 0.579. The zero-order chi connectivity index (χ0) is 12.1. The van der Waals surface area contributed by atoms with Gasteiger partial charge in [-0.05, 0) is 12.1 Å². The first-order valence-electron chi connectivity index (χ1n) is 4.37. The minimum atomic E-state index is -0.843. The first-order chi connectivity index (χ1) is 7.60. The molecule has 0 atom stereocenters. The maximum absolute atomic E-state index is 10.8. The Morgan fingerprint density at radius 2 is 2.31 bits per heavy atom. The second-order valence-electron chi connectivity index (χ2n) is 2.93. The average molecular weight is 218 g/mol. The monoisotopic (exact) mass is 218 g/mol. The van der Waals surface area contributed by atoms with E-state index >= 15 is 0 Å². The van der Waals surface area contributed by atoms with Crippen molar-refractivity contribution in [3.05, 3.63) is 29.3 Å². The summed E-state index contributed by atoms with van der Waals surface area (Å²) >= 11 is 0. The van der Waals surface area contributed by atoms with Gasteiger partial charge in [-0.1, -0.05) is 12.1 Å². The maximum Gasteiger partial charge on any atom is 0.259 e. The Balaban J connectivity index is 3.25. The van der Waals surface area contributed by atoms with Crippen LogP contribution in [0.1, 0.15) is 5.56 Å². The zero-order valence-corrected chi connectivity index (χ0v) is 8.60. The lowest BCUT2D eigenvalue weighted by atomic mass is 10.1. The number of nitrogens with zero attached hydrogens (tertiary/aromatic N) is 1. The smallest absolute Gasteiger partial charge is 0.259 e. The highest BCUT2D eigenvalue weighted by molar-refractivity contribution is 6.00. The van der Waals surface area contributed by atoms with E-state index in [-0.39, 0.29) is 17.1 Å². The number of benzene rings is 1. The van der Waals surface area contributed by atoms with Crippen LogP contribution in [0.2, 0.25) is 0 Å². The van der Waals surface area contributed by atoms with Crippen LogP contribution < -0.4 is 10.5 Å². The van der Waals surface area contributed by atoms with Crippen molar-refractivity contribution in [2.45, 2.75) is 0 Å². The number of nitriles is 1. The molecule has 0 aliphatic rings. The molecule has 0 saturated carbocycles. The minimum Gasteiger partial charge on any atom is -0.504 e. The lowest BCUT2D eigenvalue weighted by Gasteiger charge is -2.05. The average Bonchev–Trinajstić information content (AvgIpc) is 2.27. The van der Waals surface area contributed by atoms with Gasteiger partial charge in [-0.2, -0.15) is 5.26 Å². The normalized spacial score (nSPS) is 10.6. The molecule has 0 unspecified atom stereocenters. The van der Waals surface area contributed by atoms with Gasteiger partial charge in [-0.15, -0.1) is 0 Å². The molecule has 5 heteroatoms. The van der Waals surface area contributed by atoms with Crippen LogP contribution in [-0.2, 0) is 4.79 Å². The molecule has 1 aromatic carbocycles. The van der Waals surface area contributed by atoms with Crippen molar-refractivity contribution in [2.24, 2.45) is 5.73 Å². The number of amides is 1. The van der Waals surface area contributed by atoms with E-state index in [9.17, 15) is 9.90 Å². The number of ether oxygens (including phenoxy) is 1. The summed E-state index contributed by atoms with van der Waals surface area (Å²) in [5.41, 5.74) is 5.04. The second-order valence-corrected chi connectivity index (χ2v) is 2.93. The molecular weight excluding hydrogens is 208 g/mol. The Hall–Kier alpha value is -2.48. The fraction of sp³-hybridized carbons (Fsp3) is 0.0909. The maximum atomic E-state index is 10.8. The number of methoxy groups -OCH3 is 1. The van der Waals surface area contributed by atoms with E-state index in [0.29, 0.717) is 5.56 Å². The predicted octanol–water partition coefficient (Wildman–Crippen LogP) is 0.793. The number of para-hydroxylation sites is 1. The molecule has 0 fully saturated rings. The lowest BCUT2D eigenvalue weighted by Crippen LogP contribution is -2.12.